The van der Waals surface area contributed by atoms with Crippen LogP contribution < -0.4 is 5.32 Å². The SMILES string of the molecule is C[C@@H]1CC(N(C)C(=O)OCc2ccccc2)CN1. The zero-order valence-electron chi connectivity index (χ0n) is 10.9. The van der Waals surface area contributed by atoms with E-state index in [0.717, 1.165) is 18.5 Å². The van der Waals surface area contributed by atoms with Crippen molar-refractivity contribution in [1.82, 2.24) is 10.2 Å². The number of rotatable bonds is 3. The van der Waals surface area contributed by atoms with E-state index in [4.69, 9.17) is 4.74 Å². The van der Waals surface area contributed by atoms with Gasteiger partial charge in [0.2, 0.25) is 0 Å². The standard InChI is InChI=1S/C14H20N2O2/c1-11-8-13(9-15-11)16(2)14(17)18-10-12-6-4-3-5-7-12/h3-7,11,13,15H,8-10H2,1-2H3/t11-,13?/m1/s1. The van der Waals surface area contributed by atoms with Gasteiger partial charge in [-0.1, -0.05) is 30.3 Å². The van der Waals surface area contributed by atoms with Gasteiger partial charge < -0.3 is 15.0 Å². The van der Waals surface area contributed by atoms with Gasteiger partial charge in [-0.25, -0.2) is 4.79 Å². The summed E-state index contributed by atoms with van der Waals surface area (Å²) in [6.07, 6.45) is 0.733. The molecule has 2 atom stereocenters. The summed E-state index contributed by atoms with van der Waals surface area (Å²) < 4.78 is 5.30. The smallest absolute Gasteiger partial charge is 0.410 e. The molecule has 18 heavy (non-hydrogen) atoms. The van der Waals surface area contributed by atoms with E-state index in [-0.39, 0.29) is 12.1 Å². The summed E-state index contributed by atoms with van der Waals surface area (Å²) in [5.41, 5.74) is 1.01. The summed E-state index contributed by atoms with van der Waals surface area (Å²) in [6, 6.07) is 10.4. The van der Waals surface area contributed by atoms with E-state index in [2.05, 4.69) is 12.2 Å². The summed E-state index contributed by atoms with van der Waals surface area (Å²) in [4.78, 5) is 13.6. The quantitative estimate of drug-likeness (QED) is 0.889. The second-order valence-electron chi connectivity index (χ2n) is 4.85. The van der Waals surface area contributed by atoms with Crippen molar-refractivity contribution >= 4 is 6.09 Å². The molecule has 0 radical (unpaired) electrons. The number of ether oxygens (including phenoxy) is 1. The van der Waals surface area contributed by atoms with E-state index in [9.17, 15) is 4.79 Å². The van der Waals surface area contributed by atoms with E-state index in [0.29, 0.717) is 12.6 Å². The van der Waals surface area contributed by atoms with Crippen molar-refractivity contribution in [3.63, 3.8) is 0 Å². The van der Waals surface area contributed by atoms with Crippen LogP contribution in [0, 0.1) is 0 Å². The first-order valence-corrected chi connectivity index (χ1v) is 6.33. The molecule has 1 aliphatic rings. The normalized spacial score (nSPS) is 22.8. The molecule has 1 fully saturated rings. The Morgan fingerprint density at radius 2 is 2.17 bits per heavy atom. The van der Waals surface area contributed by atoms with Gasteiger partial charge in [-0.3, -0.25) is 0 Å². The summed E-state index contributed by atoms with van der Waals surface area (Å²) in [5.74, 6) is 0. The lowest BCUT2D eigenvalue weighted by Gasteiger charge is -2.23. The van der Waals surface area contributed by atoms with Gasteiger partial charge in [-0.15, -0.1) is 0 Å². The first-order valence-electron chi connectivity index (χ1n) is 6.33. The van der Waals surface area contributed by atoms with Gasteiger partial charge in [0.1, 0.15) is 6.61 Å². The van der Waals surface area contributed by atoms with Crippen LogP contribution in [0.2, 0.25) is 0 Å². The lowest BCUT2D eigenvalue weighted by Crippen LogP contribution is -2.38. The number of carbonyl (C=O) groups is 1. The Hall–Kier alpha value is -1.55. The third kappa shape index (κ3) is 3.23. The summed E-state index contributed by atoms with van der Waals surface area (Å²) in [5, 5.41) is 3.33. The van der Waals surface area contributed by atoms with Crippen LogP contribution >= 0.6 is 0 Å². The number of carbonyl (C=O) groups excluding carboxylic acids is 1. The van der Waals surface area contributed by atoms with E-state index in [1.165, 1.54) is 0 Å². The molecule has 2 rings (SSSR count). The highest BCUT2D eigenvalue weighted by atomic mass is 16.6. The van der Waals surface area contributed by atoms with Gasteiger partial charge in [-0.05, 0) is 18.9 Å². The number of amides is 1. The van der Waals surface area contributed by atoms with Crippen LogP contribution in [-0.2, 0) is 11.3 Å². The molecule has 0 aliphatic carbocycles. The van der Waals surface area contributed by atoms with E-state index in [1.54, 1.807) is 11.9 Å². The van der Waals surface area contributed by atoms with Gasteiger partial charge in [0.25, 0.3) is 0 Å². The van der Waals surface area contributed by atoms with Crippen molar-refractivity contribution in [1.29, 1.82) is 0 Å². The van der Waals surface area contributed by atoms with E-state index in [1.807, 2.05) is 30.3 Å². The molecule has 1 aliphatic heterocycles. The Labute approximate surface area is 108 Å². The lowest BCUT2D eigenvalue weighted by atomic mass is 10.2. The second-order valence-corrected chi connectivity index (χ2v) is 4.85. The van der Waals surface area contributed by atoms with Gasteiger partial charge in [0.05, 0.1) is 0 Å². The molecular weight excluding hydrogens is 228 g/mol. The number of nitrogens with zero attached hydrogens (tertiary/aromatic N) is 1. The summed E-state index contributed by atoms with van der Waals surface area (Å²) >= 11 is 0. The Morgan fingerprint density at radius 3 is 2.78 bits per heavy atom. The molecule has 0 spiro atoms. The molecule has 1 unspecified atom stereocenters. The zero-order chi connectivity index (χ0) is 13.0. The van der Waals surface area contributed by atoms with Gasteiger partial charge in [0.15, 0.2) is 0 Å². The minimum absolute atomic E-state index is 0.239. The van der Waals surface area contributed by atoms with Gasteiger partial charge in [0, 0.05) is 25.7 Å². The highest BCUT2D eigenvalue weighted by molar-refractivity contribution is 5.67. The summed E-state index contributed by atoms with van der Waals surface area (Å²) in [7, 11) is 1.80. The molecule has 1 aromatic carbocycles. The molecule has 1 amide bonds. The summed E-state index contributed by atoms with van der Waals surface area (Å²) in [6.45, 7) is 3.31. The average molecular weight is 248 g/mol. The van der Waals surface area contributed by atoms with Crippen LogP contribution in [-0.4, -0.2) is 36.7 Å². The van der Waals surface area contributed by atoms with Crippen molar-refractivity contribution in [2.24, 2.45) is 0 Å². The van der Waals surface area contributed by atoms with Crippen molar-refractivity contribution in [2.75, 3.05) is 13.6 Å². The van der Waals surface area contributed by atoms with Crippen molar-refractivity contribution in [3.8, 4) is 0 Å². The predicted molar refractivity (Wildman–Crippen MR) is 70.3 cm³/mol. The average Bonchev–Trinajstić information content (AvgIpc) is 2.83. The van der Waals surface area contributed by atoms with Crippen LogP contribution in [0.25, 0.3) is 0 Å². The molecule has 1 saturated heterocycles. The highest BCUT2D eigenvalue weighted by Crippen LogP contribution is 2.13. The van der Waals surface area contributed by atoms with Gasteiger partial charge >= 0.3 is 6.09 Å². The number of benzene rings is 1. The third-order valence-electron chi connectivity index (χ3n) is 3.37. The fourth-order valence-electron chi connectivity index (χ4n) is 2.18. The third-order valence-corrected chi connectivity index (χ3v) is 3.37. The maximum atomic E-state index is 11.9. The Balaban J connectivity index is 1.81. The Kier molecular flexibility index (Phi) is 4.20. The molecule has 1 heterocycles. The maximum Gasteiger partial charge on any atom is 0.410 e. The van der Waals surface area contributed by atoms with Crippen LogP contribution in [0.1, 0.15) is 18.9 Å². The number of hydrogen-bond acceptors (Lipinski definition) is 3. The lowest BCUT2D eigenvalue weighted by molar-refractivity contribution is 0.0933. The van der Waals surface area contributed by atoms with Crippen LogP contribution in [0.15, 0.2) is 30.3 Å². The monoisotopic (exact) mass is 248 g/mol. The largest absolute Gasteiger partial charge is 0.445 e. The molecular formula is C14H20N2O2. The van der Waals surface area contributed by atoms with E-state index < -0.39 is 0 Å². The maximum absolute atomic E-state index is 11.9. The fraction of sp³-hybridized carbons (Fsp3) is 0.500. The van der Waals surface area contributed by atoms with Crippen LogP contribution in [0.4, 0.5) is 4.79 Å². The van der Waals surface area contributed by atoms with Crippen LogP contribution in [0.3, 0.4) is 0 Å². The predicted octanol–water partition coefficient (Wildman–Crippen LogP) is 2.01. The molecule has 4 nitrogen and oxygen atoms in total. The number of hydrogen-bond donors (Lipinski definition) is 1. The first kappa shape index (κ1) is 12.9. The second kappa shape index (κ2) is 5.87. The molecule has 4 heteroatoms. The highest BCUT2D eigenvalue weighted by Gasteiger charge is 2.27. The molecule has 1 aromatic rings. The first-order chi connectivity index (χ1) is 8.66. The minimum atomic E-state index is -0.250. The minimum Gasteiger partial charge on any atom is -0.445 e. The van der Waals surface area contributed by atoms with Crippen molar-refractivity contribution < 1.29 is 9.53 Å². The molecule has 1 N–H and O–H groups in total. The van der Waals surface area contributed by atoms with Crippen LogP contribution in [0.5, 0.6) is 0 Å². The zero-order valence-corrected chi connectivity index (χ0v) is 10.9. The molecule has 0 saturated carbocycles. The number of likely N-dealkylation sites (N-methyl/N-ethyl adjacent to an activating group) is 1. The van der Waals surface area contributed by atoms with Gasteiger partial charge in [-0.2, -0.15) is 0 Å². The molecule has 0 aromatic heterocycles. The number of nitrogens with one attached hydrogen (secondary N) is 1. The van der Waals surface area contributed by atoms with Crippen molar-refractivity contribution in [2.45, 2.75) is 32.0 Å². The Morgan fingerprint density at radius 1 is 1.44 bits per heavy atom. The Bertz CT molecular complexity index is 394. The topological polar surface area (TPSA) is 41.6 Å². The molecule has 98 valence electrons. The fourth-order valence-corrected chi connectivity index (χ4v) is 2.18. The van der Waals surface area contributed by atoms with E-state index >= 15 is 0 Å². The molecule has 0 bridgehead atoms. The van der Waals surface area contributed by atoms with Crippen molar-refractivity contribution in [3.05, 3.63) is 35.9 Å².